The summed E-state index contributed by atoms with van der Waals surface area (Å²) in [6, 6.07) is 6.45. The topological polar surface area (TPSA) is 216 Å². The molecule has 17 heteroatoms. The van der Waals surface area contributed by atoms with Crippen LogP contribution in [0.1, 0.15) is 11.1 Å². The molecule has 2 aromatic carbocycles. The summed E-state index contributed by atoms with van der Waals surface area (Å²) in [5, 5.41) is 55.5. The van der Waals surface area contributed by atoms with Crippen LogP contribution in [0.5, 0.6) is 0 Å². The van der Waals surface area contributed by atoms with Crippen LogP contribution in [0.15, 0.2) is 36.4 Å². The van der Waals surface area contributed by atoms with E-state index in [0.717, 1.165) is 24.3 Å². The van der Waals surface area contributed by atoms with Crippen LogP contribution in [-0.2, 0) is 11.9 Å². The molecule has 164 valence electrons. The average molecular weight is 509 g/mol. The van der Waals surface area contributed by atoms with Gasteiger partial charge in [-0.2, -0.15) is 0 Å². The van der Waals surface area contributed by atoms with Gasteiger partial charge in [0.05, 0.1) is 0 Å². The summed E-state index contributed by atoms with van der Waals surface area (Å²) in [6.07, 6.45) is 0. The molecular weight excluding hydrogens is 499 g/mol. The molecular formula is C15H10N8O8Se. The van der Waals surface area contributed by atoms with Gasteiger partial charge in [0, 0.05) is 0 Å². The van der Waals surface area contributed by atoms with Crippen molar-refractivity contribution in [2.24, 2.45) is 0 Å². The van der Waals surface area contributed by atoms with Gasteiger partial charge in [0.1, 0.15) is 0 Å². The number of aromatic nitrogens is 4. The SMILES string of the molecule is O=[N+]([O-])c1cc(C[Se]c2nnnn2Cc2cc([N+](=O)[O-])cc([N+](=O)[O-])c2)cc([N+](=O)[O-])c1. The van der Waals surface area contributed by atoms with Crippen molar-refractivity contribution >= 4 is 42.4 Å². The molecule has 0 atom stereocenters. The Morgan fingerprint density at radius 1 is 0.719 bits per heavy atom. The second kappa shape index (κ2) is 9.19. The van der Waals surface area contributed by atoms with Crippen molar-refractivity contribution in [3.8, 4) is 0 Å². The van der Waals surface area contributed by atoms with E-state index in [0.29, 0.717) is 10.3 Å². The van der Waals surface area contributed by atoms with Gasteiger partial charge in [0.15, 0.2) is 0 Å². The molecule has 3 rings (SSSR count). The van der Waals surface area contributed by atoms with Crippen LogP contribution < -0.4 is 4.72 Å². The summed E-state index contributed by atoms with van der Waals surface area (Å²) in [7, 11) is 0. The molecule has 0 aliphatic carbocycles. The molecule has 0 unspecified atom stereocenters. The Morgan fingerprint density at radius 2 is 1.16 bits per heavy atom. The van der Waals surface area contributed by atoms with Crippen LogP contribution >= 0.6 is 0 Å². The van der Waals surface area contributed by atoms with Gasteiger partial charge < -0.3 is 0 Å². The zero-order valence-corrected chi connectivity index (χ0v) is 17.3. The van der Waals surface area contributed by atoms with Crippen LogP contribution in [-0.4, -0.2) is 54.9 Å². The minimum absolute atomic E-state index is 0.0955. The van der Waals surface area contributed by atoms with Crippen molar-refractivity contribution in [3.05, 3.63) is 88.0 Å². The molecule has 0 N–H and O–H groups in total. The minimum atomic E-state index is -0.754. The van der Waals surface area contributed by atoms with E-state index in [4.69, 9.17) is 0 Å². The molecule has 0 aliphatic rings. The molecule has 3 aromatic rings. The van der Waals surface area contributed by atoms with E-state index in [1.54, 1.807) is 0 Å². The van der Waals surface area contributed by atoms with Crippen LogP contribution in [0.4, 0.5) is 22.7 Å². The number of nitrogens with zero attached hydrogens (tertiary/aromatic N) is 8. The quantitative estimate of drug-likeness (QED) is 0.224. The molecule has 0 aliphatic heterocycles. The van der Waals surface area contributed by atoms with Crippen LogP contribution in [0, 0.1) is 40.5 Å². The number of benzene rings is 2. The van der Waals surface area contributed by atoms with Gasteiger partial charge in [-0.25, -0.2) is 0 Å². The van der Waals surface area contributed by atoms with Crippen molar-refractivity contribution in [2.45, 2.75) is 11.9 Å². The molecule has 0 bridgehead atoms. The summed E-state index contributed by atoms with van der Waals surface area (Å²) < 4.78 is 1.62. The molecule has 0 spiro atoms. The molecule has 32 heavy (non-hydrogen) atoms. The maximum absolute atomic E-state index is 11.1. The number of rotatable bonds is 9. The monoisotopic (exact) mass is 510 g/mol. The summed E-state index contributed by atoms with van der Waals surface area (Å²) in [5.74, 6) is 0. The molecule has 0 radical (unpaired) electrons. The van der Waals surface area contributed by atoms with E-state index in [1.807, 2.05) is 0 Å². The fourth-order valence-electron chi connectivity index (χ4n) is 2.63. The third kappa shape index (κ3) is 5.21. The molecule has 0 saturated heterocycles. The molecule has 0 amide bonds. The Balaban J connectivity index is 1.83. The number of hydrogen-bond donors (Lipinski definition) is 0. The predicted molar refractivity (Wildman–Crippen MR) is 106 cm³/mol. The van der Waals surface area contributed by atoms with Crippen molar-refractivity contribution < 1.29 is 19.7 Å². The van der Waals surface area contributed by atoms with Gasteiger partial charge in [-0.15, -0.1) is 0 Å². The standard InChI is InChI=1S/C15H10N8O8Se/c24-20(25)11-1-9(2-12(5-11)21(26)27)7-19-15(16-17-18-19)32-8-10-3-13(22(28)29)6-14(4-10)23(30)31/h1-6H,7-8H2. The van der Waals surface area contributed by atoms with E-state index in [-0.39, 0.29) is 17.4 Å². The van der Waals surface area contributed by atoms with Gasteiger partial charge in [-0.05, 0) is 0 Å². The first kappa shape index (κ1) is 22.3. The first-order valence-corrected chi connectivity index (χ1v) is 10.5. The number of tetrazole rings is 1. The van der Waals surface area contributed by atoms with Gasteiger partial charge in [-0.3, -0.25) is 0 Å². The van der Waals surface area contributed by atoms with E-state index in [2.05, 4.69) is 15.5 Å². The average Bonchev–Trinajstić information content (AvgIpc) is 3.18. The fourth-order valence-corrected chi connectivity index (χ4v) is 4.32. The van der Waals surface area contributed by atoms with Gasteiger partial charge in [0.2, 0.25) is 0 Å². The van der Waals surface area contributed by atoms with Gasteiger partial charge >= 0.3 is 182 Å². The normalized spacial score (nSPS) is 10.6. The van der Waals surface area contributed by atoms with Gasteiger partial charge in [-0.1, -0.05) is 0 Å². The van der Waals surface area contributed by atoms with E-state index < -0.39 is 57.4 Å². The summed E-state index contributed by atoms with van der Waals surface area (Å²) in [5.41, 5.74) is -1.20. The number of non-ortho nitro benzene ring substituents is 4. The second-order valence-electron chi connectivity index (χ2n) is 6.15. The zero-order valence-electron chi connectivity index (χ0n) is 15.6. The first-order valence-electron chi connectivity index (χ1n) is 8.38. The number of hydrogen-bond acceptors (Lipinski definition) is 11. The molecule has 1 aromatic heterocycles. The van der Waals surface area contributed by atoms with Crippen LogP contribution in [0.25, 0.3) is 0 Å². The molecule has 1 heterocycles. The van der Waals surface area contributed by atoms with E-state index >= 15 is 0 Å². The number of nitro benzene ring substituents is 4. The van der Waals surface area contributed by atoms with Crippen molar-refractivity contribution in [1.29, 1.82) is 0 Å². The molecule has 16 nitrogen and oxygen atoms in total. The Kier molecular flexibility index (Phi) is 6.41. The second-order valence-corrected chi connectivity index (χ2v) is 8.13. The van der Waals surface area contributed by atoms with E-state index in [1.165, 1.54) is 16.8 Å². The van der Waals surface area contributed by atoms with Gasteiger partial charge in [0.25, 0.3) is 0 Å². The van der Waals surface area contributed by atoms with Crippen molar-refractivity contribution in [1.82, 2.24) is 20.2 Å². The van der Waals surface area contributed by atoms with Crippen molar-refractivity contribution in [2.75, 3.05) is 0 Å². The fraction of sp³-hybridized carbons (Fsp3) is 0.133. The third-order valence-electron chi connectivity index (χ3n) is 3.97. The Labute approximate surface area is 182 Å². The maximum atomic E-state index is 11.1. The summed E-state index contributed by atoms with van der Waals surface area (Å²) in [4.78, 5) is 41.2. The summed E-state index contributed by atoms with van der Waals surface area (Å²) in [6.45, 7) is -0.0955. The Bertz CT molecular complexity index is 1180. The van der Waals surface area contributed by atoms with Crippen molar-refractivity contribution in [3.63, 3.8) is 0 Å². The summed E-state index contributed by atoms with van der Waals surface area (Å²) >= 11 is -0.529. The zero-order chi connectivity index (χ0) is 23.4. The number of nitro groups is 4. The van der Waals surface area contributed by atoms with Crippen LogP contribution in [0.3, 0.4) is 0 Å². The van der Waals surface area contributed by atoms with E-state index in [9.17, 15) is 40.5 Å². The Morgan fingerprint density at radius 3 is 1.59 bits per heavy atom. The van der Waals surface area contributed by atoms with Crippen LogP contribution in [0.2, 0.25) is 0 Å². The molecule has 0 saturated carbocycles. The third-order valence-corrected chi connectivity index (χ3v) is 6.12. The Hall–Kier alpha value is -4.37. The predicted octanol–water partition coefficient (Wildman–Crippen LogP) is 0.884. The first-order chi connectivity index (χ1) is 15.1. The molecule has 0 fully saturated rings.